The molecule has 2 N–H and O–H groups in total. The second kappa shape index (κ2) is 5.84. The number of aliphatic hydroxyl groups is 1. The monoisotopic (exact) mass is 324 g/mol. The first-order valence-electron chi connectivity index (χ1n) is 6.74. The predicted molar refractivity (Wildman–Crippen MR) is 80.5 cm³/mol. The van der Waals surface area contributed by atoms with Crippen LogP contribution in [0.3, 0.4) is 0 Å². The first kappa shape index (κ1) is 14.6. The van der Waals surface area contributed by atoms with Crippen molar-refractivity contribution in [3.8, 4) is 0 Å². The molecule has 0 spiro atoms. The summed E-state index contributed by atoms with van der Waals surface area (Å²) in [6, 6.07) is 4.81. The normalized spacial score (nSPS) is 18.4. The first-order valence-corrected chi connectivity index (χ1v) is 9.11. The number of hydrogen-bond acceptors (Lipinski definition) is 5. The van der Waals surface area contributed by atoms with Gasteiger partial charge in [0.2, 0.25) is 0 Å². The van der Waals surface area contributed by atoms with Crippen LogP contribution in [0, 0.1) is 0 Å². The lowest BCUT2D eigenvalue weighted by atomic mass is 9.95. The highest BCUT2D eigenvalue weighted by atomic mass is 32.2. The van der Waals surface area contributed by atoms with Crippen molar-refractivity contribution in [3.05, 3.63) is 45.8 Å². The second-order valence-corrected chi connectivity index (χ2v) is 7.69. The Morgan fingerprint density at radius 2 is 2.24 bits per heavy atom. The molecule has 2 heterocycles. The fourth-order valence-electron chi connectivity index (χ4n) is 2.52. The average Bonchev–Trinajstić information content (AvgIpc) is 2.97. The smallest absolute Gasteiger partial charge is 0.258 e. The molecular formula is C14H16N2O3S2. The van der Waals surface area contributed by atoms with Gasteiger partial charge in [0.15, 0.2) is 5.03 Å². The molecule has 0 saturated heterocycles. The molecule has 0 radical (unpaired) electrons. The third kappa shape index (κ3) is 3.01. The Hall–Kier alpha value is -1.28. The molecule has 0 aromatic carbocycles. The summed E-state index contributed by atoms with van der Waals surface area (Å²) in [5.74, 6) is 0. The average molecular weight is 324 g/mol. The highest BCUT2D eigenvalue weighted by Crippen LogP contribution is 2.34. The number of aliphatic hydroxyl groups excluding tert-OH is 1. The van der Waals surface area contributed by atoms with Gasteiger partial charge in [-0.2, -0.15) is 0 Å². The van der Waals surface area contributed by atoms with Crippen LogP contribution in [-0.4, -0.2) is 18.5 Å². The van der Waals surface area contributed by atoms with Crippen LogP contribution in [0.2, 0.25) is 0 Å². The van der Waals surface area contributed by atoms with E-state index in [1.165, 1.54) is 17.1 Å². The third-order valence-corrected chi connectivity index (χ3v) is 5.99. The molecule has 0 aliphatic heterocycles. The van der Waals surface area contributed by atoms with Crippen molar-refractivity contribution < 1.29 is 13.5 Å². The van der Waals surface area contributed by atoms with Gasteiger partial charge in [0.25, 0.3) is 10.0 Å². The zero-order chi connectivity index (χ0) is 14.9. The molecule has 0 saturated carbocycles. The highest BCUT2D eigenvalue weighted by molar-refractivity contribution is 7.89. The fourth-order valence-corrected chi connectivity index (χ4v) is 4.69. The number of nitrogens with one attached hydrogen (secondary N) is 1. The molecule has 0 fully saturated rings. The van der Waals surface area contributed by atoms with E-state index < -0.39 is 10.0 Å². The molecule has 1 unspecified atom stereocenters. The second-order valence-electron chi connectivity index (χ2n) is 5.03. The van der Waals surface area contributed by atoms with Crippen molar-refractivity contribution in [2.24, 2.45) is 0 Å². The standard InChI is InChI=1S/C14H16N2O3S2/c17-9-10-4-5-14(15-8-10)21(18,19)16-12-2-1-3-13-11(12)6-7-20-13/h4-8,12,16-17H,1-3,9H2. The summed E-state index contributed by atoms with van der Waals surface area (Å²) in [5.41, 5.74) is 1.67. The predicted octanol–water partition coefficient (Wildman–Crippen LogP) is 1.99. The maximum absolute atomic E-state index is 12.4. The highest BCUT2D eigenvalue weighted by Gasteiger charge is 2.27. The number of rotatable bonds is 4. The molecule has 21 heavy (non-hydrogen) atoms. The molecular weight excluding hydrogens is 308 g/mol. The van der Waals surface area contributed by atoms with E-state index in [1.54, 1.807) is 17.4 Å². The summed E-state index contributed by atoms with van der Waals surface area (Å²) in [7, 11) is -3.64. The lowest BCUT2D eigenvalue weighted by Gasteiger charge is -2.23. The van der Waals surface area contributed by atoms with Crippen molar-refractivity contribution in [3.63, 3.8) is 0 Å². The molecule has 0 bridgehead atoms. The van der Waals surface area contributed by atoms with Gasteiger partial charge in [-0.15, -0.1) is 11.3 Å². The Morgan fingerprint density at radius 3 is 2.95 bits per heavy atom. The molecule has 3 rings (SSSR count). The molecule has 112 valence electrons. The minimum atomic E-state index is -3.64. The van der Waals surface area contributed by atoms with Gasteiger partial charge in [-0.05, 0) is 47.9 Å². The molecule has 0 amide bonds. The van der Waals surface area contributed by atoms with E-state index in [2.05, 4.69) is 9.71 Å². The summed E-state index contributed by atoms with van der Waals surface area (Å²) >= 11 is 1.68. The Kier molecular flexibility index (Phi) is 4.08. The van der Waals surface area contributed by atoms with Gasteiger partial charge in [-0.1, -0.05) is 6.07 Å². The van der Waals surface area contributed by atoms with Crippen molar-refractivity contribution in [1.29, 1.82) is 0 Å². The Bertz CT molecular complexity index is 723. The molecule has 2 aromatic heterocycles. The molecule has 2 aromatic rings. The van der Waals surface area contributed by atoms with Crippen LogP contribution >= 0.6 is 11.3 Å². The Balaban J connectivity index is 1.84. The largest absolute Gasteiger partial charge is 0.392 e. The van der Waals surface area contributed by atoms with Gasteiger partial charge in [-0.3, -0.25) is 0 Å². The van der Waals surface area contributed by atoms with Crippen molar-refractivity contribution in [1.82, 2.24) is 9.71 Å². The van der Waals surface area contributed by atoms with E-state index in [0.717, 1.165) is 24.8 Å². The molecule has 7 heteroatoms. The lowest BCUT2D eigenvalue weighted by molar-refractivity contribution is 0.281. The fraction of sp³-hybridized carbons (Fsp3) is 0.357. The van der Waals surface area contributed by atoms with Crippen molar-refractivity contribution in [2.45, 2.75) is 36.9 Å². The van der Waals surface area contributed by atoms with Crippen LogP contribution in [0.15, 0.2) is 34.8 Å². The maximum atomic E-state index is 12.4. The zero-order valence-corrected chi connectivity index (χ0v) is 13.0. The van der Waals surface area contributed by atoms with E-state index in [0.29, 0.717) is 5.56 Å². The summed E-state index contributed by atoms with van der Waals surface area (Å²) in [6.45, 7) is -0.151. The summed E-state index contributed by atoms with van der Waals surface area (Å²) in [5, 5.41) is 11.0. The van der Waals surface area contributed by atoms with E-state index in [1.807, 2.05) is 11.4 Å². The van der Waals surface area contributed by atoms with Crippen LogP contribution in [0.4, 0.5) is 0 Å². The molecule has 1 aliphatic carbocycles. The number of hydrogen-bond donors (Lipinski definition) is 2. The molecule has 5 nitrogen and oxygen atoms in total. The third-order valence-electron chi connectivity index (χ3n) is 3.60. The van der Waals surface area contributed by atoms with Crippen LogP contribution in [-0.2, 0) is 23.1 Å². The van der Waals surface area contributed by atoms with Crippen LogP contribution < -0.4 is 4.72 Å². The number of aromatic nitrogens is 1. The van der Waals surface area contributed by atoms with E-state index >= 15 is 0 Å². The Morgan fingerprint density at radius 1 is 1.38 bits per heavy atom. The van der Waals surface area contributed by atoms with Gasteiger partial charge in [-0.25, -0.2) is 18.1 Å². The number of nitrogens with zero attached hydrogens (tertiary/aromatic N) is 1. The van der Waals surface area contributed by atoms with Gasteiger partial charge >= 0.3 is 0 Å². The van der Waals surface area contributed by atoms with E-state index in [-0.39, 0.29) is 17.7 Å². The molecule has 1 atom stereocenters. The van der Waals surface area contributed by atoms with Crippen molar-refractivity contribution >= 4 is 21.4 Å². The molecule has 1 aliphatic rings. The number of thiophene rings is 1. The van der Waals surface area contributed by atoms with Crippen LogP contribution in [0.25, 0.3) is 0 Å². The van der Waals surface area contributed by atoms with Crippen LogP contribution in [0.1, 0.15) is 34.9 Å². The SMILES string of the molecule is O=S(=O)(NC1CCCc2sccc21)c1ccc(CO)cn1. The number of fused-ring (bicyclic) bond motifs is 1. The number of sulfonamides is 1. The first-order chi connectivity index (χ1) is 10.1. The van der Waals surface area contributed by atoms with Gasteiger partial charge in [0.1, 0.15) is 0 Å². The summed E-state index contributed by atoms with van der Waals surface area (Å²) < 4.78 is 27.5. The topological polar surface area (TPSA) is 79.3 Å². The van der Waals surface area contributed by atoms with Crippen molar-refractivity contribution in [2.75, 3.05) is 0 Å². The zero-order valence-electron chi connectivity index (χ0n) is 11.3. The minimum Gasteiger partial charge on any atom is -0.392 e. The van der Waals surface area contributed by atoms with Gasteiger partial charge in [0, 0.05) is 17.1 Å². The number of pyridine rings is 1. The van der Waals surface area contributed by atoms with Gasteiger partial charge in [0.05, 0.1) is 6.61 Å². The van der Waals surface area contributed by atoms with Crippen LogP contribution in [0.5, 0.6) is 0 Å². The minimum absolute atomic E-state index is 0.0120. The van der Waals surface area contributed by atoms with E-state index in [4.69, 9.17) is 5.11 Å². The van der Waals surface area contributed by atoms with E-state index in [9.17, 15) is 8.42 Å². The summed E-state index contributed by atoms with van der Waals surface area (Å²) in [6.07, 6.45) is 4.19. The quantitative estimate of drug-likeness (QED) is 0.901. The van der Waals surface area contributed by atoms with Gasteiger partial charge < -0.3 is 5.11 Å². The lowest BCUT2D eigenvalue weighted by Crippen LogP contribution is -2.31. The number of aryl methyl sites for hydroxylation is 1. The maximum Gasteiger partial charge on any atom is 0.258 e. The summed E-state index contributed by atoms with van der Waals surface area (Å²) in [4.78, 5) is 5.18. The Labute approximate surface area is 127 Å².